The number of nitrogens with one attached hydrogen (secondary N) is 4. The monoisotopic (exact) mass is 442 g/mol. The lowest BCUT2D eigenvalue weighted by molar-refractivity contribution is -0.129. The minimum absolute atomic E-state index is 0.206. The topological polar surface area (TPSA) is 123 Å². The molecule has 0 spiro atoms. The fourth-order valence-electron chi connectivity index (χ4n) is 3.82. The highest BCUT2D eigenvalue weighted by atomic mass is 19.1. The van der Waals surface area contributed by atoms with Gasteiger partial charge in [0, 0.05) is 35.6 Å². The standard InChI is InChI=1S/C23H27FN4O4/c1-13-19(12-17-16-11-15(24)8-9-18(16)27-22(17)30)26-14(2)21(13)23(31)25-10-6-4-3-5-7-20(29)28-32/h8-9,11-12,26,32H,3-7,10H2,1-2H3,(H,25,31)(H,27,30)(H,28,29)/b17-12-. The number of rotatable bonds is 9. The third kappa shape index (κ3) is 5.23. The maximum absolute atomic E-state index is 13.7. The van der Waals surface area contributed by atoms with Crippen LogP contribution in [0.15, 0.2) is 18.2 Å². The summed E-state index contributed by atoms with van der Waals surface area (Å²) >= 11 is 0. The maximum Gasteiger partial charge on any atom is 0.256 e. The SMILES string of the molecule is Cc1[nH]c(/C=C2\C(=O)Nc3ccc(F)cc32)c(C)c1C(=O)NCCCCCCC(=O)NO. The van der Waals surface area contributed by atoms with E-state index in [-0.39, 0.29) is 18.2 Å². The number of hydroxylamine groups is 1. The van der Waals surface area contributed by atoms with E-state index in [9.17, 15) is 18.8 Å². The lowest BCUT2D eigenvalue weighted by Gasteiger charge is -2.06. The van der Waals surface area contributed by atoms with Crippen LogP contribution in [0.25, 0.3) is 11.6 Å². The molecule has 1 aromatic heterocycles. The zero-order valence-corrected chi connectivity index (χ0v) is 18.1. The molecule has 0 radical (unpaired) electrons. The highest BCUT2D eigenvalue weighted by Gasteiger charge is 2.26. The average Bonchev–Trinajstić information content (AvgIpc) is 3.22. The first kappa shape index (κ1) is 23.2. The van der Waals surface area contributed by atoms with Crippen LogP contribution in [0.3, 0.4) is 0 Å². The Morgan fingerprint density at radius 2 is 1.91 bits per heavy atom. The fourth-order valence-corrected chi connectivity index (χ4v) is 3.82. The Kier molecular flexibility index (Phi) is 7.42. The summed E-state index contributed by atoms with van der Waals surface area (Å²) in [5.74, 6) is -1.35. The van der Waals surface area contributed by atoms with E-state index in [1.807, 2.05) is 0 Å². The van der Waals surface area contributed by atoms with Crippen LogP contribution in [-0.2, 0) is 9.59 Å². The van der Waals surface area contributed by atoms with Gasteiger partial charge in [-0.1, -0.05) is 12.8 Å². The van der Waals surface area contributed by atoms with E-state index in [0.717, 1.165) is 19.3 Å². The molecule has 2 aromatic rings. The van der Waals surface area contributed by atoms with Gasteiger partial charge in [0.2, 0.25) is 5.91 Å². The summed E-state index contributed by atoms with van der Waals surface area (Å²) in [5, 5.41) is 14.1. The molecule has 0 aliphatic carbocycles. The smallest absolute Gasteiger partial charge is 0.256 e. The van der Waals surface area contributed by atoms with Gasteiger partial charge in [0.1, 0.15) is 5.82 Å². The number of carbonyl (C=O) groups is 3. The van der Waals surface area contributed by atoms with Gasteiger partial charge in [-0.25, -0.2) is 9.87 Å². The van der Waals surface area contributed by atoms with Crippen molar-refractivity contribution in [3.05, 3.63) is 52.1 Å². The van der Waals surface area contributed by atoms with Crippen LogP contribution in [0.4, 0.5) is 10.1 Å². The molecule has 3 amide bonds. The minimum atomic E-state index is -0.428. The molecule has 1 aliphatic heterocycles. The molecule has 0 fully saturated rings. The lowest BCUT2D eigenvalue weighted by atomic mass is 10.0. The quantitative estimate of drug-likeness (QED) is 0.177. The van der Waals surface area contributed by atoms with Crippen LogP contribution < -0.4 is 16.1 Å². The molecule has 8 nitrogen and oxygen atoms in total. The normalized spacial score (nSPS) is 13.8. The Morgan fingerprint density at radius 1 is 1.16 bits per heavy atom. The van der Waals surface area contributed by atoms with Gasteiger partial charge in [0.15, 0.2) is 0 Å². The summed E-state index contributed by atoms with van der Waals surface area (Å²) < 4.78 is 13.7. The van der Waals surface area contributed by atoms with Gasteiger partial charge in [0.25, 0.3) is 11.8 Å². The van der Waals surface area contributed by atoms with Crippen LogP contribution in [0.1, 0.15) is 65.0 Å². The van der Waals surface area contributed by atoms with Gasteiger partial charge in [-0.3, -0.25) is 19.6 Å². The second kappa shape index (κ2) is 10.2. The van der Waals surface area contributed by atoms with Crippen LogP contribution >= 0.6 is 0 Å². The van der Waals surface area contributed by atoms with Gasteiger partial charge in [-0.15, -0.1) is 0 Å². The van der Waals surface area contributed by atoms with Crippen LogP contribution in [0.5, 0.6) is 0 Å². The number of hydrogen-bond acceptors (Lipinski definition) is 4. The molecular formula is C23H27FN4O4. The van der Waals surface area contributed by atoms with Crippen molar-refractivity contribution in [3.63, 3.8) is 0 Å². The number of halogens is 1. The Morgan fingerprint density at radius 3 is 2.66 bits per heavy atom. The third-order valence-corrected chi connectivity index (χ3v) is 5.50. The van der Waals surface area contributed by atoms with Crippen molar-refractivity contribution in [2.24, 2.45) is 0 Å². The summed E-state index contributed by atoms with van der Waals surface area (Å²) in [6.07, 6.45) is 5.05. The number of hydrogen-bond donors (Lipinski definition) is 5. The molecule has 0 saturated heterocycles. The van der Waals surface area contributed by atoms with Crippen molar-refractivity contribution < 1.29 is 24.0 Å². The van der Waals surface area contributed by atoms with Crippen molar-refractivity contribution in [1.29, 1.82) is 0 Å². The Balaban J connectivity index is 1.62. The van der Waals surface area contributed by atoms with Crippen molar-refractivity contribution in [2.75, 3.05) is 11.9 Å². The molecule has 5 N–H and O–H groups in total. The van der Waals surface area contributed by atoms with Gasteiger partial charge in [-0.05, 0) is 56.5 Å². The van der Waals surface area contributed by atoms with Crippen molar-refractivity contribution in [1.82, 2.24) is 15.8 Å². The molecule has 0 saturated carbocycles. The Bertz CT molecular complexity index is 1070. The number of aromatic amines is 1. The zero-order valence-electron chi connectivity index (χ0n) is 18.1. The summed E-state index contributed by atoms with van der Waals surface area (Å²) in [6, 6.07) is 4.13. The van der Waals surface area contributed by atoms with Crippen LogP contribution in [0.2, 0.25) is 0 Å². The molecule has 170 valence electrons. The van der Waals surface area contributed by atoms with Crippen molar-refractivity contribution >= 4 is 35.1 Å². The van der Waals surface area contributed by atoms with E-state index in [4.69, 9.17) is 5.21 Å². The summed E-state index contributed by atoms with van der Waals surface area (Å²) in [6.45, 7) is 4.09. The average molecular weight is 442 g/mol. The van der Waals surface area contributed by atoms with Gasteiger partial charge in [0.05, 0.1) is 11.1 Å². The van der Waals surface area contributed by atoms with E-state index in [2.05, 4.69) is 15.6 Å². The molecule has 32 heavy (non-hydrogen) atoms. The second-order valence-electron chi connectivity index (χ2n) is 7.82. The molecular weight excluding hydrogens is 415 g/mol. The lowest BCUT2D eigenvalue weighted by Crippen LogP contribution is -2.25. The highest BCUT2D eigenvalue weighted by molar-refractivity contribution is 6.34. The number of aryl methyl sites for hydroxylation is 1. The zero-order chi connectivity index (χ0) is 23.3. The number of anilines is 1. The first-order valence-electron chi connectivity index (χ1n) is 10.5. The first-order chi connectivity index (χ1) is 15.3. The molecule has 3 rings (SSSR count). The largest absolute Gasteiger partial charge is 0.358 e. The minimum Gasteiger partial charge on any atom is -0.358 e. The second-order valence-corrected chi connectivity index (χ2v) is 7.82. The Labute approximate surface area is 185 Å². The number of H-pyrrole nitrogens is 1. The third-order valence-electron chi connectivity index (χ3n) is 5.50. The summed E-state index contributed by atoms with van der Waals surface area (Å²) in [7, 11) is 0. The molecule has 2 heterocycles. The molecule has 9 heteroatoms. The van der Waals surface area contributed by atoms with Crippen molar-refractivity contribution in [2.45, 2.75) is 46.0 Å². The fraction of sp³-hybridized carbons (Fsp3) is 0.348. The van der Waals surface area contributed by atoms with E-state index in [1.165, 1.54) is 18.2 Å². The van der Waals surface area contributed by atoms with Crippen molar-refractivity contribution in [3.8, 4) is 0 Å². The van der Waals surface area contributed by atoms with Crippen LogP contribution in [-0.4, -0.2) is 34.5 Å². The molecule has 0 unspecified atom stereocenters. The summed E-state index contributed by atoms with van der Waals surface area (Å²) in [5.41, 5.74) is 5.52. The number of carbonyl (C=O) groups excluding carboxylic acids is 3. The molecule has 1 aromatic carbocycles. The highest BCUT2D eigenvalue weighted by Crippen LogP contribution is 2.34. The number of benzene rings is 1. The van der Waals surface area contributed by atoms with E-state index < -0.39 is 11.7 Å². The van der Waals surface area contributed by atoms with Crippen LogP contribution in [0, 0.1) is 19.7 Å². The molecule has 0 atom stereocenters. The predicted molar refractivity (Wildman–Crippen MR) is 119 cm³/mol. The van der Waals surface area contributed by atoms with Gasteiger partial charge < -0.3 is 15.6 Å². The van der Waals surface area contributed by atoms with E-state index in [0.29, 0.717) is 52.3 Å². The van der Waals surface area contributed by atoms with E-state index in [1.54, 1.807) is 25.4 Å². The first-order valence-corrected chi connectivity index (χ1v) is 10.5. The van der Waals surface area contributed by atoms with Gasteiger partial charge in [-0.2, -0.15) is 0 Å². The predicted octanol–water partition coefficient (Wildman–Crippen LogP) is 3.45. The van der Waals surface area contributed by atoms with E-state index >= 15 is 0 Å². The number of unbranched alkanes of at least 4 members (excludes halogenated alkanes) is 3. The number of amides is 3. The summed E-state index contributed by atoms with van der Waals surface area (Å²) in [4.78, 5) is 39.2. The molecule has 1 aliphatic rings. The molecule has 0 bridgehead atoms. The Hall–Kier alpha value is -3.46. The number of fused-ring (bicyclic) bond motifs is 1. The van der Waals surface area contributed by atoms with Gasteiger partial charge >= 0.3 is 0 Å². The number of aromatic nitrogens is 1. The maximum atomic E-state index is 13.7.